The molecule has 2 rings (SSSR count). The highest BCUT2D eigenvalue weighted by Crippen LogP contribution is 2.18. The van der Waals surface area contributed by atoms with E-state index in [1.807, 2.05) is 0 Å². The van der Waals surface area contributed by atoms with Crippen molar-refractivity contribution in [1.82, 2.24) is 5.32 Å². The molecule has 1 nitrogen and oxygen atoms in total. The minimum Gasteiger partial charge on any atom is -0.311 e. The van der Waals surface area contributed by atoms with Crippen LogP contribution in [0.25, 0.3) is 6.08 Å². The second-order valence-corrected chi connectivity index (χ2v) is 4.14. The summed E-state index contributed by atoms with van der Waals surface area (Å²) < 4.78 is 0. The van der Waals surface area contributed by atoms with Gasteiger partial charge in [0.15, 0.2) is 0 Å². The lowest BCUT2D eigenvalue weighted by molar-refractivity contribution is 0.754. The number of nitrogens with one attached hydrogen (secondary N) is 1. The van der Waals surface area contributed by atoms with Gasteiger partial charge in [0.2, 0.25) is 0 Å². The van der Waals surface area contributed by atoms with Gasteiger partial charge in [-0.3, -0.25) is 0 Å². The van der Waals surface area contributed by atoms with Crippen molar-refractivity contribution in [3.63, 3.8) is 0 Å². The van der Waals surface area contributed by atoms with E-state index in [1.54, 1.807) is 0 Å². The number of hydrogen-bond donors (Lipinski definition) is 1. The van der Waals surface area contributed by atoms with Crippen molar-refractivity contribution in [3.8, 4) is 0 Å². The normalized spacial score (nSPS) is 16.1. The van der Waals surface area contributed by atoms with Crippen molar-refractivity contribution < 1.29 is 0 Å². The highest BCUT2D eigenvalue weighted by molar-refractivity contribution is 5.53. The molecule has 0 unspecified atom stereocenters. The van der Waals surface area contributed by atoms with Crippen LogP contribution in [0.15, 0.2) is 30.3 Å². The summed E-state index contributed by atoms with van der Waals surface area (Å²) in [5, 5.41) is 3.48. The molecule has 1 aromatic carbocycles. The Morgan fingerprint density at radius 3 is 2.87 bits per heavy atom. The lowest BCUT2D eigenvalue weighted by Crippen LogP contribution is -2.15. The largest absolute Gasteiger partial charge is 0.311 e. The van der Waals surface area contributed by atoms with Crippen LogP contribution < -0.4 is 5.32 Å². The van der Waals surface area contributed by atoms with Gasteiger partial charge in [0.05, 0.1) is 0 Å². The summed E-state index contributed by atoms with van der Waals surface area (Å²) in [4.78, 5) is 0. The molecule has 1 fully saturated rings. The highest BCUT2D eigenvalue weighted by Gasteiger charge is 2.18. The number of rotatable bonds is 5. The quantitative estimate of drug-likeness (QED) is 0.772. The molecule has 0 heterocycles. The van der Waals surface area contributed by atoms with Crippen molar-refractivity contribution >= 4 is 6.08 Å². The van der Waals surface area contributed by atoms with Crippen molar-refractivity contribution in [2.75, 3.05) is 6.54 Å². The van der Waals surface area contributed by atoms with Gasteiger partial charge >= 0.3 is 0 Å². The van der Waals surface area contributed by atoms with Crippen LogP contribution in [-0.2, 0) is 6.42 Å². The molecule has 0 saturated heterocycles. The van der Waals surface area contributed by atoms with E-state index in [1.165, 1.54) is 24.0 Å². The van der Waals surface area contributed by atoms with Crippen LogP contribution in [-0.4, -0.2) is 12.6 Å². The Hall–Kier alpha value is -1.08. The smallest absolute Gasteiger partial charge is 0.0140 e. The summed E-state index contributed by atoms with van der Waals surface area (Å²) in [5.41, 5.74) is 2.79. The number of hydrogen-bond acceptors (Lipinski definition) is 1. The van der Waals surface area contributed by atoms with Gasteiger partial charge in [0.25, 0.3) is 0 Å². The predicted molar refractivity (Wildman–Crippen MR) is 65.9 cm³/mol. The number of benzene rings is 1. The minimum atomic E-state index is 0.802. The maximum atomic E-state index is 3.48. The fraction of sp³-hybridized carbons (Fsp3) is 0.429. The van der Waals surface area contributed by atoms with Crippen molar-refractivity contribution in [3.05, 3.63) is 41.5 Å². The van der Waals surface area contributed by atoms with Gasteiger partial charge in [-0.15, -0.1) is 0 Å². The average molecular weight is 201 g/mol. The third-order valence-corrected chi connectivity index (χ3v) is 2.84. The van der Waals surface area contributed by atoms with Crippen molar-refractivity contribution in [1.29, 1.82) is 0 Å². The first-order valence-electron chi connectivity index (χ1n) is 5.88. The van der Waals surface area contributed by atoms with Gasteiger partial charge in [0, 0.05) is 12.6 Å². The summed E-state index contributed by atoms with van der Waals surface area (Å²) in [7, 11) is 0. The molecule has 0 aliphatic heterocycles. The minimum absolute atomic E-state index is 0.802. The molecule has 0 amide bonds. The number of aryl methyl sites for hydroxylation is 1. The summed E-state index contributed by atoms with van der Waals surface area (Å²) in [6.07, 6.45) is 8.29. The molecule has 1 aromatic rings. The Balaban J connectivity index is 1.89. The van der Waals surface area contributed by atoms with E-state index in [4.69, 9.17) is 0 Å². The SMILES string of the molecule is CCc1ccccc1C=CCNC1CC1. The second-order valence-electron chi connectivity index (χ2n) is 4.14. The van der Waals surface area contributed by atoms with Gasteiger partial charge < -0.3 is 5.32 Å². The van der Waals surface area contributed by atoms with E-state index in [-0.39, 0.29) is 0 Å². The second kappa shape index (κ2) is 5.13. The van der Waals surface area contributed by atoms with Gasteiger partial charge in [-0.25, -0.2) is 0 Å². The maximum absolute atomic E-state index is 3.48. The highest BCUT2D eigenvalue weighted by atomic mass is 14.9. The van der Waals surface area contributed by atoms with Crippen LogP contribution in [0.4, 0.5) is 0 Å². The molecule has 0 radical (unpaired) electrons. The van der Waals surface area contributed by atoms with E-state index in [2.05, 4.69) is 48.7 Å². The van der Waals surface area contributed by atoms with Crippen LogP contribution in [0, 0.1) is 0 Å². The summed E-state index contributed by atoms with van der Waals surface area (Å²) in [5.74, 6) is 0. The molecule has 15 heavy (non-hydrogen) atoms. The third-order valence-electron chi connectivity index (χ3n) is 2.84. The fourth-order valence-electron chi connectivity index (χ4n) is 1.73. The first-order chi connectivity index (χ1) is 7.40. The molecule has 0 aromatic heterocycles. The van der Waals surface area contributed by atoms with E-state index in [0.29, 0.717) is 0 Å². The lowest BCUT2D eigenvalue weighted by atomic mass is 10.1. The molecule has 80 valence electrons. The Kier molecular flexibility index (Phi) is 3.57. The van der Waals surface area contributed by atoms with Gasteiger partial charge in [-0.2, -0.15) is 0 Å². The Labute approximate surface area is 92.2 Å². The molecule has 1 aliphatic rings. The van der Waals surface area contributed by atoms with Gasteiger partial charge in [0.1, 0.15) is 0 Å². The van der Waals surface area contributed by atoms with Crippen LogP contribution in [0.5, 0.6) is 0 Å². The Morgan fingerprint density at radius 1 is 1.33 bits per heavy atom. The van der Waals surface area contributed by atoms with Crippen LogP contribution >= 0.6 is 0 Å². The summed E-state index contributed by atoms with van der Waals surface area (Å²) in [6.45, 7) is 3.21. The zero-order chi connectivity index (χ0) is 10.5. The molecule has 0 atom stereocenters. The van der Waals surface area contributed by atoms with E-state index < -0.39 is 0 Å². The fourth-order valence-corrected chi connectivity index (χ4v) is 1.73. The molecular formula is C14H19N. The average Bonchev–Trinajstić information content (AvgIpc) is 3.09. The standard InChI is InChI=1S/C14H19N/c1-2-12-6-3-4-7-13(12)8-5-11-15-14-9-10-14/h3-8,14-15H,2,9-11H2,1H3. The molecule has 1 N–H and O–H groups in total. The molecule has 1 aliphatic carbocycles. The van der Waals surface area contributed by atoms with Crippen LogP contribution in [0.3, 0.4) is 0 Å². The van der Waals surface area contributed by atoms with Gasteiger partial charge in [-0.1, -0.05) is 43.3 Å². The maximum Gasteiger partial charge on any atom is 0.0140 e. The molecule has 0 spiro atoms. The lowest BCUT2D eigenvalue weighted by Gasteiger charge is -2.02. The van der Waals surface area contributed by atoms with Crippen molar-refractivity contribution in [2.24, 2.45) is 0 Å². The summed E-state index contributed by atoms with van der Waals surface area (Å²) in [6, 6.07) is 9.41. The zero-order valence-corrected chi connectivity index (χ0v) is 9.37. The van der Waals surface area contributed by atoms with E-state index in [9.17, 15) is 0 Å². The Bertz CT molecular complexity index is 337. The van der Waals surface area contributed by atoms with Crippen molar-refractivity contribution in [2.45, 2.75) is 32.2 Å². The first-order valence-corrected chi connectivity index (χ1v) is 5.88. The van der Waals surface area contributed by atoms with E-state index >= 15 is 0 Å². The van der Waals surface area contributed by atoms with Crippen LogP contribution in [0.2, 0.25) is 0 Å². The van der Waals surface area contributed by atoms with E-state index in [0.717, 1.165) is 19.0 Å². The summed E-state index contributed by atoms with van der Waals surface area (Å²) >= 11 is 0. The third kappa shape index (κ3) is 3.21. The monoisotopic (exact) mass is 201 g/mol. The van der Waals surface area contributed by atoms with Gasteiger partial charge in [-0.05, 0) is 30.4 Å². The molecule has 1 saturated carbocycles. The molecule has 1 heteroatoms. The zero-order valence-electron chi connectivity index (χ0n) is 9.37. The predicted octanol–water partition coefficient (Wildman–Crippen LogP) is 3.01. The molecule has 0 bridgehead atoms. The molecular weight excluding hydrogens is 182 g/mol. The topological polar surface area (TPSA) is 12.0 Å². The van der Waals surface area contributed by atoms with Crippen LogP contribution in [0.1, 0.15) is 30.9 Å². The Morgan fingerprint density at radius 2 is 2.13 bits per heavy atom. The first kappa shape index (κ1) is 10.4.